The minimum Gasteiger partial charge on any atom is -0.384 e. The van der Waals surface area contributed by atoms with Gasteiger partial charge in [-0.25, -0.2) is 4.98 Å². The number of anilines is 1. The molecule has 0 amide bonds. The van der Waals surface area contributed by atoms with Crippen LogP contribution in [-0.4, -0.2) is 4.98 Å². The third kappa shape index (κ3) is 1.36. The average molecular weight is 270 g/mol. The Balaban J connectivity index is 2.80. The highest BCUT2D eigenvalue weighted by molar-refractivity contribution is 14.1. The molecule has 2 rings (SSSR count). The summed E-state index contributed by atoms with van der Waals surface area (Å²) in [5, 5.41) is 1.13. The second-order valence-electron chi connectivity index (χ2n) is 2.57. The van der Waals surface area contributed by atoms with Crippen molar-refractivity contribution in [3.8, 4) is 0 Å². The number of fused-ring (bicyclic) bond motifs is 1. The van der Waals surface area contributed by atoms with Gasteiger partial charge in [-0.1, -0.05) is 6.07 Å². The van der Waals surface area contributed by atoms with Crippen LogP contribution in [-0.2, 0) is 0 Å². The zero-order chi connectivity index (χ0) is 8.55. The summed E-state index contributed by atoms with van der Waals surface area (Å²) >= 11 is 2.26. The number of hydrogen-bond acceptors (Lipinski definition) is 2. The van der Waals surface area contributed by atoms with Crippen LogP contribution in [0.1, 0.15) is 0 Å². The van der Waals surface area contributed by atoms with Gasteiger partial charge in [0.1, 0.15) is 5.82 Å². The molecular weight excluding hydrogens is 263 g/mol. The largest absolute Gasteiger partial charge is 0.384 e. The lowest BCUT2D eigenvalue weighted by molar-refractivity contribution is 1.41. The Morgan fingerprint density at radius 3 is 2.75 bits per heavy atom. The Morgan fingerprint density at radius 1 is 1.17 bits per heavy atom. The van der Waals surface area contributed by atoms with Crippen molar-refractivity contribution in [3.63, 3.8) is 0 Å². The van der Waals surface area contributed by atoms with Gasteiger partial charge in [-0.05, 0) is 46.9 Å². The molecule has 0 aliphatic carbocycles. The molecule has 0 radical (unpaired) electrons. The Hall–Kier alpha value is -0.840. The summed E-state index contributed by atoms with van der Waals surface area (Å²) < 4.78 is 1.18. The van der Waals surface area contributed by atoms with Crippen molar-refractivity contribution in [2.45, 2.75) is 0 Å². The van der Waals surface area contributed by atoms with Crippen molar-refractivity contribution in [1.29, 1.82) is 0 Å². The number of aromatic nitrogens is 1. The van der Waals surface area contributed by atoms with Crippen molar-refractivity contribution >= 4 is 39.3 Å². The first-order valence-electron chi connectivity index (χ1n) is 3.57. The van der Waals surface area contributed by atoms with E-state index in [0.29, 0.717) is 5.82 Å². The maximum atomic E-state index is 5.56. The SMILES string of the molecule is Nc1ccc2ccc(I)cc2n1. The van der Waals surface area contributed by atoms with Crippen molar-refractivity contribution in [2.24, 2.45) is 0 Å². The molecule has 60 valence electrons. The first-order chi connectivity index (χ1) is 5.75. The standard InChI is InChI=1S/C9H7IN2/c10-7-3-1-6-2-4-9(11)12-8(6)5-7/h1-5H,(H2,11,12). The van der Waals surface area contributed by atoms with E-state index in [1.54, 1.807) is 0 Å². The molecule has 2 aromatic rings. The Bertz CT molecular complexity index is 389. The van der Waals surface area contributed by atoms with Crippen molar-refractivity contribution < 1.29 is 0 Å². The Morgan fingerprint density at radius 2 is 1.92 bits per heavy atom. The van der Waals surface area contributed by atoms with Crippen LogP contribution in [0.3, 0.4) is 0 Å². The third-order valence-corrected chi connectivity index (χ3v) is 2.35. The minimum atomic E-state index is 0.574. The summed E-state index contributed by atoms with van der Waals surface area (Å²) in [6.07, 6.45) is 0. The topological polar surface area (TPSA) is 38.9 Å². The van der Waals surface area contributed by atoms with Crippen LogP contribution in [0.25, 0.3) is 10.9 Å². The minimum absolute atomic E-state index is 0.574. The van der Waals surface area contributed by atoms with E-state index in [4.69, 9.17) is 5.73 Å². The van der Waals surface area contributed by atoms with Gasteiger partial charge >= 0.3 is 0 Å². The van der Waals surface area contributed by atoms with E-state index in [0.717, 1.165) is 10.9 Å². The lowest BCUT2D eigenvalue weighted by Crippen LogP contribution is -1.89. The summed E-state index contributed by atoms with van der Waals surface area (Å²) in [6.45, 7) is 0. The maximum absolute atomic E-state index is 5.56. The van der Waals surface area contributed by atoms with Gasteiger partial charge in [0, 0.05) is 8.96 Å². The van der Waals surface area contributed by atoms with Crippen LogP contribution in [0, 0.1) is 3.57 Å². The van der Waals surface area contributed by atoms with E-state index < -0.39 is 0 Å². The molecule has 2 N–H and O–H groups in total. The summed E-state index contributed by atoms with van der Waals surface area (Å²) in [5.74, 6) is 0.574. The van der Waals surface area contributed by atoms with Gasteiger partial charge in [0.25, 0.3) is 0 Å². The fourth-order valence-corrected chi connectivity index (χ4v) is 1.58. The number of halogens is 1. The van der Waals surface area contributed by atoms with E-state index in [2.05, 4.69) is 33.6 Å². The van der Waals surface area contributed by atoms with Gasteiger partial charge in [0.2, 0.25) is 0 Å². The predicted octanol–water partition coefficient (Wildman–Crippen LogP) is 2.42. The average Bonchev–Trinajstić information content (AvgIpc) is 2.03. The van der Waals surface area contributed by atoms with Crippen molar-refractivity contribution in [1.82, 2.24) is 4.98 Å². The highest BCUT2D eigenvalue weighted by atomic mass is 127. The van der Waals surface area contributed by atoms with E-state index >= 15 is 0 Å². The first-order valence-corrected chi connectivity index (χ1v) is 4.65. The second kappa shape index (κ2) is 2.90. The highest BCUT2D eigenvalue weighted by Crippen LogP contribution is 2.16. The summed E-state index contributed by atoms with van der Waals surface area (Å²) in [5.41, 5.74) is 6.52. The second-order valence-corrected chi connectivity index (χ2v) is 3.82. The molecule has 0 fully saturated rings. The smallest absolute Gasteiger partial charge is 0.124 e. The van der Waals surface area contributed by atoms with Crippen LogP contribution in [0.4, 0.5) is 5.82 Å². The van der Waals surface area contributed by atoms with Crippen LogP contribution >= 0.6 is 22.6 Å². The molecule has 0 aliphatic rings. The van der Waals surface area contributed by atoms with Gasteiger partial charge < -0.3 is 5.73 Å². The third-order valence-electron chi connectivity index (χ3n) is 1.68. The molecule has 0 bridgehead atoms. The van der Waals surface area contributed by atoms with Crippen LogP contribution in [0.15, 0.2) is 30.3 Å². The van der Waals surface area contributed by atoms with Crippen molar-refractivity contribution in [2.75, 3.05) is 5.73 Å². The monoisotopic (exact) mass is 270 g/mol. The van der Waals surface area contributed by atoms with Gasteiger partial charge in [-0.3, -0.25) is 0 Å². The zero-order valence-electron chi connectivity index (χ0n) is 6.29. The normalized spacial score (nSPS) is 10.4. The highest BCUT2D eigenvalue weighted by Gasteiger charge is 1.95. The Labute approximate surface area is 83.9 Å². The molecule has 12 heavy (non-hydrogen) atoms. The zero-order valence-corrected chi connectivity index (χ0v) is 8.45. The molecule has 0 saturated heterocycles. The number of benzene rings is 1. The molecule has 1 aromatic heterocycles. The van der Waals surface area contributed by atoms with E-state index in [9.17, 15) is 0 Å². The quantitative estimate of drug-likeness (QED) is 0.747. The summed E-state index contributed by atoms with van der Waals surface area (Å²) in [4.78, 5) is 4.21. The first kappa shape index (κ1) is 7.79. The number of nitrogens with two attached hydrogens (primary N) is 1. The van der Waals surface area contributed by atoms with Crippen LogP contribution in [0.5, 0.6) is 0 Å². The van der Waals surface area contributed by atoms with E-state index in [-0.39, 0.29) is 0 Å². The predicted molar refractivity (Wildman–Crippen MR) is 58.9 cm³/mol. The number of nitrogen functional groups attached to an aromatic ring is 1. The number of pyridine rings is 1. The molecule has 0 atom stereocenters. The molecule has 3 heteroatoms. The molecule has 2 nitrogen and oxygen atoms in total. The fourth-order valence-electron chi connectivity index (χ4n) is 1.11. The summed E-state index contributed by atoms with van der Waals surface area (Å²) in [7, 11) is 0. The van der Waals surface area contributed by atoms with E-state index in [1.807, 2.05) is 24.3 Å². The Kier molecular flexibility index (Phi) is 1.88. The fraction of sp³-hybridized carbons (Fsp3) is 0. The molecule has 1 aromatic carbocycles. The number of hydrogen-bond donors (Lipinski definition) is 1. The molecule has 0 spiro atoms. The van der Waals surface area contributed by atoms with Crippen molar-refractivity contribution in [3.05, 3.63) is 33.9 Å². The lowest BCUT2D eigenvalue weighted by Gasteiger charge is -1.98. The molecule has 0 saturated carbocycles. The molecule has 0 unspecified atom stereocenters. The molecule has 1 heterocycles. The van der Waals surface area contributed by atoms with E-state index in [1.165, 1.54) is 3.57 Å². The summed E-state index contributed by atoms with van der Waals surface area (Å²) in [6, 6.07) is 9.92. The van der Waals surface area contributed by atoms with Gasteiger partial charge in [-0.15, -0.1) is 0 Å². The maximum Gasteiger partial charge on any atom is 0.124 e. The lowest BCUT2D eigenvalue weighted by atomic mass is 10.2. The molecule has 0 aliphatic heterocycles. The van der Waals surface area contributed by atoms with Gasteiger partial charge in [0.05, 0.1) is 5.52 Å². The number of rotatable bonds is 0. The van der Waals surface area contributed by atoms with Gasteiger partial charge in [0.15, 0.2) is 0 Å². The van der Waals surface area contributed by atoms with Gasteiger partial charge in [-0.2, -0.15) is 0 Å². The molecular formula is C9H7IN2. The number of nitrogens with zero attached hydrogens (tertiary/aromatic N) is 1. The van der Waals surface area contributed by atoms with Crippen LogP contribution in [0.2, 0.25) is 0 Å². The van der Waals surface area contributed by atoms with Crippen LogP contribution < -0.4 is 5.73 Å².